The number of aromatic hydroxyl groups is 1. The van der Waals surface area contributed by atoms with Crippen molar-refractivity contribution in [3.8, 4) is 5.75 Å². The first-order chi connectivity index (χ1) is 11.4. The molecule has 0 aliphatic heterocycles. The van der Waals surface area contributed by atoms with E-state index in [0.717, 1.165) is 23.0 Å². The Morgan fingerprint density at radius 2 is 2.04 bits per heavy atom. The number of aryl methyl sites for hydroxylation is 1. The summed E-state index contributed by atoms with van der Waals surface area (Å²) in [6.07, 6.45) is 1.26. The zero-order valence-corrected chi connectivity index (χ0v) is 16.4. The molecule has 0 saturated carbocycles. The number of phenolic OH excluding ortho intramolecular Hbond substituents is 1. The van der Waals surface area contributed by atoms with Crippen molar-refractivity contribution in [3.63, 3.8) is 0 Å². The summed E-state index contributed by atoms with van der Waals surface area (Å²) < 4.78 is 1.07. The Kier molecular flexibility index (Phi) is 7.27. The number of likely N-dealkylation sites (N-methyl/N-ethyl adjacent to an activating group) is 1. The predicted octanol–water partition coefficient (Wildman–Crippen LogP) is 3.74. The third-order valence-corrected chi connectivity index (χ3v) is 5.42. The summed E-state index contributed by atoms with van der Waals surface area (Å²) in [5.74, 6) is 0.376. The van der Waals surface area contributed by atoms with Crippen LogP contribution < -0.4 is 0 Å². The SMILES string of the molecule is CN(C)CCN(Cc1cccc(O)c1)C(=O)CCc1cc(Br)cs1. The zero-order valence-electron chi connectivity index (χ0n) is 14.0. The van der Waals surface area contributed by atoms with E-state index in [1.807, 2.05) is 36.5 Å². The molecule has 1 heterocycles. The molecular formula is C18H23BrN2O2S. The summed E-state index contributed by atoms with van der Waals surface area (Å²) >= 11 is 5.11. The summed E-state index contributed by atoms with van der Waals surface area (Å²) in [7, 11) is 4.00. The zero-order chi connectivity index (χ0) is 17.5. The molecule has 0 bridgehead atoms. The highest BCUT2D eigenvalue weighted by Gasteiger charge is 2.15. The molecule has 1 N–H and O–H groups in total. The van der Waals surface area contributed by atoms with Gasteiger partial charge < -0.3 is 14.9 Å². The minimum Gasteiger partial charge on any atom is -0.508 e. The molecule has 0 atom stereocenters. The lowest BCUT2D eigenvalue weighted by Crippen LogP contribution is -2.36. The van der Waals surface area contributed by atoms with Crippen molar-refractivity contribution in [3.05, 3.63) is 50.6 Å². The van der Waals surface area contributed by atoms with Crippen LogP contribution in [0.25, 0.3) is 0 Å². The van der Waals surface area contributed by atoms with Gasteiger partial charge in [-0.25, -0.2) is 0 Å². The molecule has 0 spiro atoms. The van der Waals surface area contributed by atoms with Gasteiger partial charge in [0.25, 0.3) is 0 Å². The van der Waals surface area contributed by atoms with Crippen LogP contribution in [0.4, 0.5) is 0 Å². The van der Waals surface area contributed by atoms with Crippen molar-refractivity contribution in [2.75, 3.05) is 27.2 Å². The number of amides is 1. The number of carbonyl (C=O) groups is 1. The first-order valence-corrected chi connectivity index (χ1v) is 9.54. The van der Waals surface area contributed by atoms with Crippen molar-refractivity contribution < 1.29 is 9.90 Å². The Morgan fingerprint density at radius 3 is 2.67 bits per heavy atom. The van der Waals surface area contributed by atoms with Gasteiger partial charge in [-0.1, -0.05) is 12.1 Å². The van der Waals surface area contributed by atoms with Gasteiger partial charge in [0.05, 0.1) is 0 Å². The van der Waals surface area contributed by atoms with Crippen LogP contribution in [-0.2, 0) is 17.8 Å². The molecule has 0 aliphatic rings. The topological polar surface area (TPSA) is 43.8 Å². The van der Waals surface area contributed by atoms with E-state index in [1.165, 1.54) is 4.88 Å². The molecule has 6 heteroatoms. The maximum atomic E-state index is 12.7. The van der Waals surface area contributed by atoms with Gasteiger partial charge >= 0.3 is 0 Å². The number of nitrogens with zero attached hydrogens (tertiary/aromatic N) is 2. The summed E-state index contributed by atoms with van der Waals surface area (Å²) in [4.78, 5) is 17.8. The van der Waals surface area contributed by atoms with E-state index in [0.29, 0.717) is 19.5 Å². The maximum absolute atomic E-state index is 12.7. The van der Waals surface area contributed by atoms with Crippen LogP contribution in [0.5, 0.6) is 5.75 Å². The van der Waals surface area contributed by atoms with Crippen LogP contribution in [0.3, 0.4) is 0 Å². The van der Waals surface area contributed by atoms with E-state index in [2.05, 4.69) is 26.9 Å². The minimum absolute atomic E-state index is 0.143. The molecule has 0 radical (unpaired) electrons. The molecule has 0 fully saturated rings. The largest absolute Gasteiger partial charge is 0.508 e. The molecule has 1 aromatic carbocycles. The fraction of sp³-hybridized carbons (Fsp3) is 0.389. The molecule has 2 rings (SSSR count). The molecule has 0 saturated heterocycles. The van der Waals surface area contributed by atoms with Crippen LogP contribution >= 0.6 is 27.3 Å². The number of hydrogen-bond donors (Lipinski definition) is 1. The van der Waals surface area contributed by atoms with Gasteiger partial charge in [-0.2, -0.15) is 0 Å². The monoisotopic (exact) mass is 410 g/mol. The Bertz CT molecular complexity index is 673. The van der Waals surface area contributed by atoms with Gasteiger partial charge in [-0.3, -0.25) is 4.79 Å². The molecule has 4 nitrogen and oxygen atoms in total. The van der Waals surface area contributed by atoms with Crippen LogP contribution in [0.15, 0.2) is 40.2 Å². The van der Waals surface area contributed by atoms with Gasteiger partial charge in [0.1, 0.15) is 5.75 Å². The van der Waals surface area contributed by atoms with Crippen LogP contribution in [-0.4, -0.2) is 48.0 Å². The van der Waals surface area contributed by atoms with Gasteiger partial charge in [-0.15, -0.1) is 11.3 Å². The molecule has 1 amide bonds. The second-order valence-corrected chi connectivity index (χ2v) is 7.93. The molecule has 1 aromatic heterocycles. The highest BCUT2D eigenvalue weighted by Crippen LogP contribution is 2.21. The maximum Gasteiger partial charge on any atom is 0.223 e. The van der Waals surface area contributed by atoms with Gasteiger partial charge in [0.15, 0.2) is 0 Å². The van der Waals surface area contributed by atoms with E-state index < -0.39 is 0 Å². The summed E-state index contributed by atoms with van der Waals surface area (Å²) in [5, 5.41) is 11.7. The molecular weight excluding hydrogens is 388 g/mol. The highest BCUT2D eigenvalue weighted by atomic mass is 79.9. The summed E-state index contributed by atoms with van der Waals surface area (Å²) in [6, 6.07) is 9.17. The second-order valence-electron chi connectivity index (χ2n) is 6.02. The second kappa shape index (κ2) is 9.20. The fourth-order valence-corrected chi connectivity index (χ4v) is 3.82. The van der Waals surface area contributed by atoms with E-state index in [4.69, 9.17) is 0 Å². The van der Waals surface area contributed by atoms with Crippen LogP contribution in [0.1, 0.15) is 16.9 Å². The Balaban J connectivity index is 1.99. The van der Waals surface area contributed by atoms with Gasteiger partial charge in [0, 0.05) is 40.8 Å². The number of thiophene rings is 1. The smallest absolute Gasteiger partial charge is 0.223 e. The highest BCUT2D eigenvalue weighted by molar-refractivity contribution is 9.10. The summed E-state index contributed by atoms with van der Waals surface area (Å²) in [5.41, 5.74) is 0.945. The standard InChI is InChI=1S/C18H23BrN2O2S/c1-20(2)8-9-21(12-14-4-3-5-16(22)10-14)18(23)7-6-17-11-15(19)13-24-17/h3-5,10-11,13,22H,6-9,12H2,1-2H3. The van der Waals surface area contributed by atoms with Crippen LogP contribution in [0.2, 0.25) is 0 Å². The molecule has 24 heavy (non-hydrogen) atoms. The van der Waals surface area contributed by atoms with E-state index in [-0.39, 0.29) is 11.7 Å². The predicted molar refractivity (Wildman–Crippen MR) is 102 cm³/mol. The number of halogens is 1. The third kappa shape index (κ3) is 6.26. The molecule has 130 valence electrons. The number of phenols is 1. The number of benzene rings is 1. The van der Waals surface area contributed by atoms with Crippen molar-refractivity contribution in [2.45, 2.75) is 19.4 Å². The van der Waals surface area contributed by atoms with Gasteiger partial charge in [-0.05, 0) is 60.2 Å². The first-order valence-electron chi connectivity index (χ1n) is 7.87. The van der Waals surface area contributed by atoms with Crippen LogP contribution in [0, 0.1) is 0 Å². The van der Waals surface area contributed by atoms with E-state index >= 15 is 0 Å². The average molecular weight is 411 g/mol. The lowest BCUT2D eigenvalue weighted by molar-refractivity contribution is -0.131. The Hall–Kier alpha value is -1.37. The van der Waals surface area contributed by atoms with Crippen molar-refractivity contribution in [1.82, 2.24) is 9.80 Å². The van der Waals surface area contributed by atoms with Crippen molar-refractivity contribution >= 4 is 33.2 Å². The third-order valence-electron chi connectivity index (χ3n) is 3.66. The average Bonchev–Trinajstić information content (AvgIpc) is 2.94. The lowest BCUT2D eigenvalue weighted by atomic mass is 10.1. The summed E-state index contributed by atoms with van der Waals surface area (Å²) in [6.45, 7) is 2.01. The lowest BCUT2D eigenvalue weighted by Gasteiger charge is -2.24. The van der Waals surface area contributed by atoms with E-state index in [1.54, 1.807) is 23.5 Å². The van der Waals surface area contributed by atoms with Gasteiger partial charge in [0.2, 0.25) is 5.91 Å². The Labute approximate surface area is 155 Å². The van der Waals surface area contributed by atoms with Crippen molar-refractivity contribution in [1.29, 1.82) is 0 Å². The number of carbonyl (C=O) groups excluding carboxylic acids is 1. The van der Waals surface area contributed by atoms with E-state index in [9.17, 15) is 9.90 Å². The Morgan fingerprint density at radius 1 is 1.25 bits per heavy atom. The molecule has 2 aromatic rings. The number of rotatable bonds is 8. The van der Waals surface area contributed by atoms with Crippen molar-refractivity contribution in [2.24, 2.45) is 0 Å². The normalized spacial score (nSPS) is 11.0. The number of hydrogen-bond acceptors (Lipinski definition) is 4. The minimum atomic E-state index is 0.143. The first kappa shape index (κ1) is 19.0. The molecule has 0 unspecified atom stereocenters. The fourth-order valence-electron chi connectivity index (χ4n) is 2.36. The molecule has 0 aliphatic carbocycles. The quantitative estimate of drug-likeness (QED) is 0.720.